The lowest BCUT2D eigenvalue weighted by molar-refractivity contribution is 0.477. The summed E-state index contributed by atoms with van der Waals surface area (Å²) in [5.74, 6) is 1.00. The fourth-order valence-corrected chi connectivity index (χ4v) is 1.81. The Kier molecular flexibility index (Phi) is 3.40. The van der Waals surface area contributed by atoms with Crippen molar-refractivity contribution in [2.45, 2.75) is 6.92 Å². The first-order valence-corrected chi connectivity index (χ1v) is 5.72. The maximum absolute atomic E-state index is 9.05. The van der Waals surface area contributed by atoms with E-state index in [1.165, 1.54) is 0 Å². The van der Waals surface area contributed by atoms with Gasteiger partial charge in [-0.15, -0.1) is 0 Å². The van der Waals surface area contributed by atoms with Gasteiger partial charge in [0, 0.05) is 5.69 Å². The average Bonchev–Trinajstić information content (AvgIpc) is 2.34. The first-order chi connectivity index (χ1) is 8.61. The zero-order valence-electron chi connectivity index (χ0n) is 9.77. The highest BCUT2D eigenvalue weighted by atomic mass is 35.5. The van der Waals surface area contributed by atoms with E-state index in [2.05, 4.69) is 6.07 Å². The van der Waals surface area contributed by atoms with Crippen LogP contribution in [-0.2, 0) is 0 Å². The molecule has 2 aromatic carbocycles. The van der Waals surface area contributed by atoms with Crippen LogP contribution in [0, 0.1) is 18.3 Å². The minimum atomic E-state index is 0.419. The molecule has 2 N–H and O–H groups in total. The van der Waals surface area contributed by atoms with Gasteiger partial charge in [0.2, 0.25) is 0 Å². The van der Waals surface area contributed by atoms with Crippen molar-refractivity contribution >= 4 is 17.3 Å². The smallest absolute Gasteiger partial charge is 0.148 e. The van der Waals surface area contributed by atoms with Crippen molar-refractivity contribution in [2.75, 3.05) is 5.73 Å². The van der Waals surface area contributed by atoms with Crippen LogP contribution in [-0.4, -0.2) is 0 Å². The molecule has 90 valence electrons. The first-order valence-electron chi connectivity index (χ1n) is 5.34. The van der Waals surface area contributed by atoms with Crippen molar-refractivity contribution in [2.24, 2.45) is 0 Å². The molecule has 0 unspecified atom stereocenters. The van der Waals surface area contributed by atoms with Crippen molar-refractivity contribution in [1.29, 1.82) is 5.26 Å². The number of rotatable bonds is 2. The molecule has 0 aliphatic carbocycles. The Labute approximate surface area is 110 Å². The number of benzene rings is 2. The maximum atomic E-state index is 9.05. The molecule has 3 nitrogen and oxygen atoms in total. The molecule has 0 amide bonds. The van der Waals surface area contributed by atoms with Crippen molar-refractivity contribution in [3.05, 3.63) is 52.5 Å². The second kappa shape index (κ2) is 4.99. The zero-order valence-corrected chi connectivity index (χ0v) is 10.5. The highest BCUT2D eigenvalue weighted by Gasteiger charge is 2.10. The number of nitrogen functional groups attached to an aromatic ring is 1. The molecule has 0 fully saturated rings. The van der Waals surface area contributed by atoms with Crippen molar-refractivity contribution in [3.63, 3.8) is 0 Å². The van der Waals surface area contributed by atoms with Gasteiger partial charge in [-0.25, -0.2) is 0 Å². The minimum Gasteiger partial charge on any atom is -0.454 e. The number of nitrogens with zero attached hydrogens (tertiary/aromatic N) is 1. The van der Waals surface area contributed by atoms with Gasteiger partial charge in [-0.3, -0.25) is 0 Å². The molecule has 18 heavy (non-hydrogen) atoms. The number of nitriles is 1. The van der Waals surface area contributed by atoms with E-state index < -0.39 is 0 Å². The van der Waals surface area contributed by atoms with Gasteiger partial charge in [-0.2, -0.15) is 5.26 Å². The van der Waals surface area contributed by atoms with Gasteiger partial charge in [-0.05, 0) is 36.8 Å². The molecule has 0 aromatic heterocycles. The molecule has 0 aliphatic heterocycles. The van der Waals surface area contributed by atoms with Gasteiger partial charge in [0.05, 0.1) is 10.6 Å². The summed E-state index contributed by atoms with van der Waals surface area (Å²) >= 11 is 6.04. The molecule has 2 aromatic rings. The van der Waals surface area contributed by atoms with Crippen LogP contribution in [0.2, 0.25) is 5.02 Å². The van der Waals surface area contributed by atoms with Gasteiger partial charge in [-0.1, -0.05) is 23.7 Å². The average molecular weight is 259 g/mol. The molecule has 0 radical (unpaired) electrons. The minimum absolute atomic E-state index is 0.419. The summed E-state index contributed by atoms with van der Waals surface area (Å²) < 4.78 is 5.71. The van der Waals surface area contributed by atoms with Crippen LogP contribution >= 0.6 is 11.6 Å². The molecule has 2 rings (SSSR count). The number of nitrogens with two attached hydrogens (primary N) is 1. The number of anilines is 1. The Balaban J connectivity index is 2.43. The van der Waals surface area contributed by atoms with Crippen LogP contribution in [0.4, 0.5) is 5.69 Å². The van der Waals surface area contributed by atoms with E-state index in [1.807, 2.05) is 19.1 Å². The monoisotopic (exact) mass is 258 g/mol. The predicted molar refractivity (Wildman–Crippen MR) is 71.8 cm³/mol. The zero-order chi connectivity index (χ0) is 13.1. The first kappa shape index (κ1) is 12.3. The molecule has 0 saturated carbocycles. The Bertz CT molecular complexity index is 632. The topological polar surface area (TPSA) is 59.0 Å². The normalized spacial score (nSPS) is 9.83. The number of halogens is 1. The molecule has 0 saturated heterocycles. The van der Waals surface area contributed by atoms with Gasteiger partial charge in [0.25, 0.3) is 0 Å². The summed E-state index contributed by atoms with van der Waals surface area (Å²) in [5, 5.41) is 9.47. The summed E-state index contributed by atoms with van der Waals surface area (Å²) in [5.41, 5.74) is 7.53. The summed E-state index contributed by atoms with van der Waals surface area (Å²) in [4.78, 5) is 0. The second-order valence-electron chi connectivity index (χ2n) is 3.86. The Morgan fingerprint density at radius 3 is 2.72 bits per heavy atom. The highest BCUT2D eigenvalue weighted by molar-refractivity contribution is 6.32. The summed E-state index contributed by atoms with van der Waals surface area (Å²) in [6, 6.07) is 12.5. The molecule has 0 heterocycles. The number of hydrogen-bond donors (Lipinski definition) is 1. The summed E-state index contributed by atoms with van der Waals surface area (Å²) in [6.45, 7) is 1.88. The van der Waals surface area contributed by atoms with Gasteiger partial charge < -0.3 is 10.5 Å². The standard InChI is InChI=1S/C14H11ClN2O/c1-9-3-2-4-10(8-16)14(9)18-13-6-5-11(17)7-12(13)15/h2-7H,17H2,1H3. The van der Waals surface area contributed by atoms with Gasteiger partial charge >= 0.3 is 0 Å². The maximum Gasteiger partial charge on any atom is 0.148 e. The molecule has 0 bridgehead atoms. The summed E-state index contributed by atoms with van der Waals surface area (Å²) in [6.07, 6.45) is 0. The number of aryl methyl sites for hydroxylation is 1. The van der Waals surface area contributed by atoms with Crippen molar-refractivity contribution in [1.82, 2.24) is 0 Å². The van der Waals surface area contributed by atoms with E-state index in [4.69, 9.17) is 27.3 Å². The van der Waals surface area contributed by atoms with Crippen LogP contribution in [0.3, 0.4) is 0 Å². The fourth-order valence-electron chi connectivity index (χ4n) is 1.59. The van der Waals surface area contributed by atoms with E-state index in [9.17, 15) is 0 Å². The Morgan fingerprint density at radius 2 is 2.06 bits per heavy atom. The van der Waals surface area contributed by atoms with Crippen LogP contribution in [0.15, 0.2) is 36.4 Å². The lowest BCUT2D eigenvalue weighted by Crippen LogP contribution is -1.93. The second-order valence-corrected chi connectivity index (χ2v) is 4.26. The number of hydrogen-bond acceptors (Lipinski definition) is 3. The SMILES string of the molecule is Cc1cccc(C#N)c1Oc1ccc(N)cc1Cl. The third-order valence-electron chi connectivity index (χ3n) is 2.50. The van der Waals surface area contributed by atoms with Crippen LogP contribution in [0.1, 0.15) is 11.1 Å². The van der Waals surface area contributed by atoms with E-state index in [0.717, 1.165) is 5.56 Å². The molecule has 0 aliphatic rings. The molecule has 0 atom stereocenters. The predicted octanol–water partition coefficient (Wildman–Crippen LogP) is 3.89. The van der Waals surface area contributed by atoms with Crippen molar-refractivity contribution < 1.29 is 4.74 Å². The number of ether oxygens (including phenoxy) is 1. The lowest BCUT2D eigenvalue weighted by atomic mass is 10.1. The highest BCUT2D eigenvalue weighted by Crippen LogP contribution is 2.34. The van der Waals surface area contributed by atoms with Gasteiger partial charge in [0.15, 0.2) is 0 Å². The van der Waals surface area contributed by atoms with E-state index in [0.29, 0.717) is 27.8 Å². The lowest BCUT2D eigenvalue weighted by Gasteiger charge is -2.11. The van der Waals surface area contributed by atoms with Crippen LogP contribution in [0.5, 0.6) is 11.5 Å². The Hall–Kier alpha value is -2.18. The van der Waals surface area contributed by atoms with Crippen molar-refractivity contribution in [3.8, 4) is 17.6 Å². The Morgan fingerprint density at radius 1 is 1.28 bits per heavy atom. The third kappa shape index (κ3) is 2.39. The quantitative estimate of drug-likeness (QED) is 0.831. The van der Waals surface area contributed by atoms with E-state index >= 15 is 0 Å². The summed E-state index contributed by atoms with van der Waals surface area (Å²) in [7, 11) is 0. The third-order valence-corrected chi connectivity index (χ3v) is 2.80. The van der Waals surface area contributed by atoms with Crippen LogP contribution < -0.4 is 10.5 Å². The largest absolute Gasteiger partial charge is 0.454 e. The fraction of sp³-hybridized carbons (Fsp3) is 0.0714. The molecular formula is C14H11ClN2O. The van der Waals surface area contributed by atoms with Gasteiger partial charge in [0.1, 0.15) is 17.6 Å². The molecule has 4 heteroatoms. The molecule has 0 spiro atoms. The van der Waals surface area contributed by atoms with E-state index in [1.54, 1.807) is 24.3 Å². The molecular weight excluding hydrogens is 248 g/mol. The van der Waals surface area contributed by atoms with Crippen LogP contribution in [0.25, 0.3) is 0 Å². The van der Waals surface area contributed by atoms with E-state index in [-0.39, 0.29) is 0 Å². The number of para-hydroxylation sites is 1.